The maximum absolute atomic E-state index is 13.6. The molecule has 2 aromatic rings. The number of alkyl halides is 3. The predicted molar refractivity (Wildman–Crippen MR) is 115 cm³/mol. The van der Waals surface area contributed by atoms with Crippen LogP contribution >= 0.6 is 24.0 Å². The van der Waals surface area contributed by atoms with Crippen molar-refractivity contribution >= 4 is 41.5 Å². The molecule has 0 spiro atoms. The zero-order chi connectivity index (χ0) is 22.5. The van der Waals surface area contributed by atoms with Gasteiger partial charge in [0.1, 0.15) is 0 Å². The molecular weight excluding hydrogens is 541 g/mol. The minimum Gasteiger partial charge on any atom is -0.347 e. The topological polar surface area (TPSA) is 56.7 Å². The van der Waals surface area contributed by atoms with E-state index in [1.807, 2.05) is 0 Å². The van der Waals surface area contributed by atoms with Crippen LogP contribution in [0.2, 0.25) is 0 Å². The van der Waals surface area contributed by atoms with Gasteiger partial charge in [-0.05, 0) is 29.8 Å². The Morgan fingerprint density at radius 3 is 2.19 bits per heavy atom. The van der Waals surface area contributed by atoms with Crippen LogP contribution in [0.15, 0.2) is 41.4 Å². The fourth-order valence-electron chi connectivity index (χ4n) is 2.51. The fourth-order valence-corrected chi connectivity index (χ4v) is 2.51. The summed E-state index contributed by atoms with van der Waals surface area (Å²) in [4.78, 5) is 17.5. The lowest BCUT2D eigenvalue weighted by atomic mass is 10.1. The van der Waals surface area contributed by atoms with Gasteiger partial charge in [-0.25, -0.2) is 13.2 Å². The van der Waals surface area contributed by atoms with Gasteiger partial charge in [0.2, 0.25) is 5.91 Å². The highest BCUT2D eigenvalue weighted by atomic mass is 127. The van der Waals surface area contributed by atoms with Crippen LogP contribution in [-0.4, -0.2) is 37.4 Å². The molecule has 0 saturated carbocycles. The molecule has 2 rings (SSSR count). The van der Waals surface area contributed by atoms with Crippen LogP contribution in [0.25, 0.3) is 0 Å². The Bertz CT molecular complexity index is 934. The summed E-state index contributed by atoms with van der Waals surface area (Å²) in [5.41, 5.74) is -0.715. The van der Waals surface area contributed by atoms with E-state index in [0.29, 0.717) is 11.6 Å². The summed E-state index contributed by atoms with van der Waals surface area (Å²) in [5, 5.41) is 4.79. The summed E-state index contributed by atoms with van der Waals surface area (Å²) in [6.07, 6.45) is -4.43. The third-order valence-corrected chi connectivity index (χ3v) is 3.99. The first-order valence-corrected chi connectivity index (χ1v) is 8.54. The minimum absolute atomic E-state index is 0. The number of benzene rings is 2. The number of hydrogen-bond donors (Lipinski definition) is 2. The maximum Gasteiger partial charge on any atom is 0.416 e. The molecule has 0 bridgehead atoms. The van der Waals surface area contributed by atoms with Crippen molar-refractivity contribution < 1.29 is 31.1 Å². The SMILES string of the molecule is CN=C(NCC(=O)Nc1ccc(F)c(F)c1F)N(C)Cc1ccc(C(F)(F)F)cc1.I. The van der Waals surface area contributed by atoms with Gasteiger partial charge < -0.3 is 15.5 Å². The molecule has 0 aliphatic carbocycles. The van der Waals surface area contributed by atoms with E-state index in [9.17, 15) is 31.1 Å². The molecule has 0 radical (unpaired) electrons. The van der Waals surface area contributed by atoms with Gasteiger partial charge in [-0.3, -0.25) is 9.79 Å². The molecule has 0 atom stereocenters. The van der Waals surface area contributed by atoms with E-state index in [2.05, 4.69) is 15.6 Å². The first-order chi connectivity index (χ1) is 14.0. The second-order valence-electron chi connectivity index (χ2n) is 6.22. The Morgan fingerprint density at radius 1 is 1.03 bits per heavy atom. The Balaban J connectivity index is 0.00000480. The quantitative estimate of drug-likeness (QED) is 0.188. The Hall–Kier alpha value is -2.51. The lowest BCUT2D eigenvalue weighted by molar-refractivity contribution is -0.137. The van der Waals surface area contributed by atoms with E-state index in [1.54, 1.807) is 11.9 Å². The zero-order valence-electron chi connectivity index (χ0n) is 16.4. The van der Waals surface area contributed by atoms with Gasteiger partial charge in [-0.1, -0.05) is 12.1 Å². The molecule has 0 unspecified atom stereocenters. The molecule has 1 amide bonds. The van der Waals surface area contributed by atoms with Crippen molar-refractivity contribution in [1.82, 2.24) is 10.2 Å². The number of amides is 1. The van der Waals surface area contributed by atoms with Crippen molar-refractivity contribution in [2.45, 2.75) is 12.7 Å². The predicted octanol–water partition coefficient (Wildman–Crippen LogP) is 4.39. The fraction of sp³-hybridized carbons (Fsp3) is 0.263. The van der Waals surface area contributed by atoms with Crippen molar-refractivity contribution in [2.75, 3.05) is 26.0 Å². The molecule has 170 valence electrons. The Kier molecular flexibility index (Phi) is 9.59. The highest BCUT2D eigenvalue weighted by Gasteiger charge is 2.30. The number of guanidine groups is 1. The van der Waals surface area contributed by atoms with Crippen LogP contribution < -0.4 is 10.6 Å². The van der Waals surface area contributed by atoms with Gasteiger partial charge in [-0.15, -0.1) is 24.0 Å². The summed E-state index contributed by atoms with van der Waals surface area (Å²) >= 11 is 0. The number of carbonyl (C=O) groups excluding carboxylic acids is 1. The smallest absolute Gasteiger partial charge is 0.347 e. The van der Waals surface area contributed by atoms with Crippen molar-refractivity contribution in [2.24, 2.45) is 4.99 Å². The van der Waals surface area contributed by atoms with Gasteiger partial charge >= 0.3 is 6.18 Å². The van der Waals surface area contributed by atoms with E-state index < -0.39 is 40.8 Å². The highest BCUT2D eigenvalue weighted by molar-refractivity contribution is 14.0. The second-order valence-corrected chi connectivity index (χ2v) is 6.22. The van der Waals surface area contributed by atoms with Crippen molar-refractivity contribution in [3.63, 3.8) is 0 Å². The Morgan fingerprint density at radius 2 is 1.65 bits per heavy atom. The number of halogens is 7. The highest BCUT2D eigenvalue weighted by Crippen LogP contribution is 2.29. The first kappa shape index (κ1) is 26.5. The summed E-state index contributed by atoms with van der Waals surface area (Å²) in [5.74, 6) is -5.12. The van der Waals surface area contributed by atoms with E-state index in [0.717, 1.165) is 18.2 Å². The van der Waals surface area contributed by atoms with Crippen molar-refractivity contribution in [1.29, 1.82) is 0 Å². The van der Waals surface area contributed by atoms with Crippen LogP contribution in [0, 0.1) is 17.5 Å². The summed E-state index contributed by atoms with van der Waals surface area (Å²) < 4.78 is 77.6. The molecule has 2 aromatic carbocycles. The van der Waals surface area contributed by atoms with Crippen LogP contribution in [0.4, 0.5) is 32.0 Å². The molecule has 5 nitrogen and oxygen atoms in total. The monoisotopic (exact) mass is 560 g/mol. The molecule has 0 heterocycles. The maximum atomic E-state index is 13.6. The normalized spacial score (nSPS) is 11.5. The molecule has 2 N–H and O–H groups in total. The lowest BCUT2D eigenvalue weighted by Crippen LogP contribution is -2.42. The van der Waals surface area contributed by atoms with Crippen molar-refractivity contribution in [3.8, 4) is 0 Å². The number of anilines is 1. The number of rotatable bonds is 5. The van der Waals surface area contributed by atoms with E-state index in [4.69, 9.17) is 0 Å². The molecular formula is C19H19F6IN4O. The van der Waals surface area contributed by atoms with E-state index in [-0.39, 0.29) is 43.0 Å². The van der Waals surface area contributed by atoms with Crippen molar-refractivity contribution in [3.05, 3.63) is 65.0 Å². The van der Waals surface area contributed by atoms with E-state index >= 15 is 0 Å². The van der Waals surface area contributed by atoms with E-state index in [1.165, 1.54) is 19.2 Å². The van der Waals surface area contributed by atoms with Gasteiger partial charge in [0.15, 0.2) is 23.4 Å². The minimum atomic E-state index is -4.43. The first-order valence-electron chi connectivity index (χ1n) is 8.54. The number of nitrogens with zero attached hydrogens (tertiary/aromatic N) is 2. The number of nitrogens with one attached hydrogen (secondary N) is 2. The van der Waals surface area contributed by atoms with Gasteiger partial charge in [0.05, 0.1) is 17.8 Å². The molecule has 31 heavy (non-hydrogen) atoms. The average molecular weight is 560 g/mol. The summed E-state index contributed by atoms with van der Waals surface area (Å²) in [6.45, 7) is -0.181. The molecule has 0 saturated heterocycles. The number of carbonyl (C=O) groups is 1. The summed E-state index contributed by atoms with van der Waals surface area (Å²) in [7, 11) is 3.03. The summed E-state index contributed by atoms with van der Waals surface area (Å²) in [6, 6.07) is 6.14. The van der Waals surface area contributed by atoms with Crippen LogP contribution in [0.1, 0.15) is 11.1 Å². The van der Waals surface area contributed by atoms with Gasteiger partial charge in [0, 0.05) is 20.6 Å². The molecule has 0 fully saturated rings. The standard InChI is InChI=1S/C19H18F6N4O.HI/c1-26-18(29(2)10-11-3-5-12(6-4-11)19(23,24)25)27-9-15(30)28-14-8-7-13(20)16(21)17(14)22;/h3-8H,9-10H2,1-2H3,(H,26,27)(H,28,30);1H. The number of hydrogen-bond acceptors (Lipinski definition) is 2. The van der Waals surface area contributed by atoms with Gasteiger partial charge in [-0.2, -0.15) is 13.2 Å². The second kappa shape index (κ2) is 11.2. The lowest BCUT2D eigenvalue weighted by Gasteiger charge is -2.22. The molecule has 12 heteroatoms. The zero-order valence-corrected chi connectivity index (χ0v) is 18.7. The van der Waals surface area contributed by atoms with Crippen LogP contribution in [0.5, 0.6) is 0 Å². The average Bonchev–Trinajstić information content (AvgIpc) is 2.68. The molecule has 0 aliphatic rings. The van der Waals surface area contributed by atoms with Gasteiger partial charge in [0.25, 0.3) is 0 Å². The molecule has 0 aromatic heterocycles. The largest absolute Gasteiger partial charge is 0.416 e. The Labute approximate surface area is 191 Å². The van der Waals surface area contributed by atoms with Crippen LogP contribution in [-0.2, 0) is 17.5 Å². The van der Waals surface area contributed by atoms with Crippen LogP contribution in [0.3, 0.4) is 0 Å². The molecule has 0 aliphatic heterocycles. The number of aliphatic imine (C=N–C) groups is 1. The third kappa shape index (κ3) is 7.29. The third-order valence-electron chi connectivity index (χ3n) is 3.99.